The predicted octanol–water partition coefficient (Wildman–Crippen LogP) is 1.82. The van der Waals surface area contributed by atoms with Crippen molar-refractivity contribution >= 4 is 40.1 Å². The summed E-state index contributed by atoms with van der Waals surface area (Å²) in [5, 5.41) is 3.28. The molecule has 11 heteroatoms. The number of amides is 1. The molecule has 1 atom stereocenters. The Morgan fingerprint density at radius 2 is 2.00 bits per heavy atom. The van der Waals surface area contributed by atoms with E-state index in [1.54, 1.807) is 18.2 Å². The molecule has 4 aromatic rings. The number of hydrogen-bond donors (Lipinski definition) is 4. The first-order valence-corrected chi connectivity index (χ1v) is 11.2. The molecule has 1 saturated heterocycles. The van der Waals surface area contributed by atoms with Crippen LogP contribution in [0.25, 0.3) is 22.4 Å². The molecule has 35 heavy (non-hydrogen) atoms. The third-order valence-corrected chi connectivity index (χ3v) is 6.32. The number of hydrogen-bond acceptors (Lipinski definition) is 9. The van der Waals surface area contributed by atoms with Gasteiger partial charge < -0.3 is 26.1 Å². The lowest BCUT2D eigenvalue weighted by Gasteiger charge is -2.39. The maximum Gasteiger partial charge on any atom is 0.417 e. The Bertz CT molecular complexity index is 1480. The van der Waals surface area contributed by atoms with E-state index in [1.807, 2.05) is 43.1 Å². The SMILES string of the molecule is Cc1c(Nc2ccc3oc(=O)[nH]c3c2)nc(N)nc1-c1ccccc1N1CCN(C)C(C(N)=O)C1. The van der Waals surface area contributed by atoms with Crippen molar-refractivity contribution in [2.45, 2.75) is 13.0 Å². The minimum atomic E-state index is -0.513. The maximum absolute atomic E-state index is 12.0. The number of piperazine rings is 1. The third-order valence-electron chi connectivity index (χ3n) is 6.32. The molecule has 1 aliphatic heterocycles. The standard InChI is InChI=1S/C24H26N8O3/c1-13-20(15-5-3-4-6-17(15)32-10-9-31(2)18(12-32)21(25)33)29-23(26)30-22(13)27-14-7-8-19-16(11-14)28-24(34)35-19/h3-8,11,18H,9-10,12H2,1-2H3,(H2,25,33)(H,28,34)(H3,26,27,29,30). The van der Waals surface area contributed by atoms with Crippen molar-refractivity contribution in [1.82, 2.24) is 19.9 Å². The molecular formula is C24H26N8O3. The summed E-state index contributed by atoms with van der Waals surface area (Å²) in [4.78, 5) is 39.2. The molecule has 6 N–H and O–H groups in total. The number of nitrogens with one attached hydrogen (secondary N) is 2. The van der Waals surface area contributed by atoms with E-state index in [0.717, 1.165) is 23.4 Å². The molecule has 3 heterocycles. The fourth-order valence-electron chi connectivity index (χ4n) is 4.43. The monoisotopic (exact) mass is 474 g/mol. The van der Waals surface area contributed by atoms with Gasteiger partial charge in [0, 0.05) is 42.1 Å². The average molecular weight is 475 g/mol. The highest BCUT2D eigenvalue weighted by Crippen LogP contribution is 2.35. The summed E-state index contributed by atoms with van der Waals surface area (Å²) >= 11 is 0. The van der Waals surface area contributed by atoms with E-state index < -0.39 is 5.76 Å². The number of H-pyrrole nitrogens is 1. The van der Waals surface area contributed by atoms with Gasteiger partial charge in [0.2, 0.25) is 11.9 Å². The molecule has 0 aliphatic carbocycles. The highest BCUT2D eigenvalue weighted by molar-refractivity contribution is 5.85. The van der Waals surface area contributed by atoms with E-state index in [-0.39, 0.29) is 17.9 Å². The Balaban J connectivity index is 1.52. The Morgan fingerprint density at radius 1 is 1.20 bits per heavy atom. The Hall–Kier alpha value is -4.38. The van der Waals surface area contributed by atoms with E-state index in [1.165, 1.54) is 0 Å². The molecule has 1 fully saturated rings. The fourth-order valence-corrected chi connectivity index (χ4v) is 4.43. The summed E-state index contributed by atoms with van der Waals surface area (Å²) < 4.78 is 5.07. The summed E-state index contributed by atoms with van der Waals surface area (Å²) in [5.74, 6) is -0.199. The lowest BCUT2D eigenvalue weighted by molar-refractivity contribution is -0.122. The van der Waals surface area contributed by atoms with Crippen LogP contribution in [0.2, 0.25) is 0 Å². The van der Waals surface area contributed by atoms with Crippen LogP contribution < -0.4 is 27.4 Å². The van der Waals surface area contributed by atoms with Crippen LogP contribution in [0.4, 0.5) is 23.1 Å². The number of aromatic amines is 1. The normalized spacial score (nSPS) is 16.5. The number of benzene rings is 2. The minimum absolute atomic E-state index is 0.120. The van der Waals surface area contributed by atoms with Crippen molar-refractivity contribution in [3.05, 3.63) is 58.6 Å². The van der Waals surface area contributed by atoms with Crippen LogP contribution in [0.1, 0.15) is 5.56 Å². The first-order valence-electron chi connectivity index (χ1n) is 11.2. The molecule has 180 valence electrons. The largest absolute Gasteiger partial charge is 0.417 e. The second-order valence-corrected chi connectivity index (χ2v) is 8.62. The van der Waals surface area contributed by atoms with Gasteiger partial charge in [0.1, 0.15) is 11.9 Å². The van der Waals surface area contributed by atoms with Crippen LogP contribution in [0, 0.1) is 6.92 Å². The van der Waals surface area contributed by atoms with Gasteiger partial charge in [0.05, 0.1) is 11.2 Å². The molecule has 0 spiro atoms. The molecule has 2 aromatic carbocycles. The van der Waals surface area contributed by atoms with Crippen LogP contribution in [-0.4, -0.2) is 58.5 Å². The van der Waals surface area contributed by atoms with Crippen LogP contribution in [0.15, 0.2) is 51.7 Å². The number of nitrogens with two attached hydrogens (primary N) is 2. The Kier molecular flexibility index (Phi) is 5.61. The number of likely N-dealkylation sites (N-methyl/N-ethyl adjacent to an activating group) is 1. The van der Waals surface area contributed by atoms with E-state index in [2.05, 4.69) is 25.2 Å². The minimum Gasteiger partial charge on any atom is -0.408 e. The highest BCUT2D eigenvalue weighted by Gasteiger charge is 2.30. The number of carbonyl (C=O) groups is 1. The van der Waals surface area contributed by atoms with Crippen molar-refractivity contribution in [1.29, 1.82) is 0 Å². The van der Waals surface area contributed by atoms with Crippen LogP contribution in [-0.2, 0) is 4.79 Å². The van der Waals surface area contributed by atoms with Crippen LogP contribution in [0.3, 0.4) is 0 Å². The summed E-state index contributed by atoms with van der Waals surface area (Å²) in [7, 11) is 1.91. The van der Waals surface area contributed by atoms with Gasteiger partial charge in [-0.05, 0) is 38.2 Å². The number of carbonyl (C=O) groups excluding carboxylic acids is 1. The molecule has 1 amide bonds. The molecule has 0 bridgehead atoms. The topological polar surface area (TPSA) is 159 Å². The highest BCUT2D eigenvalue weighted by atomic mass is 16.4. The molecule has 5 rings (SSSR count). The summed E-state index contributed by atoms with van der Waals surface area (Å²) in [6, 6.07) is 12.8. The molecule has 2 aromatic heterocycles. The van der Waals surface area contributed by atoms with E-state index in [0.29, 0.717) is 41.4 Å². The number of nitrogen functional groups attached to an aromatic ring is 1. The molecule has 0 radical (unpaired) electrons. The second-order valence-electron chi connectivity index (χ2n) is 8.62. The molecule has 1 aliphatic rings. The first-order chi connectivity index (χ1) is 16.8. The lowest BCUT2D eigenvalue weighted by atomic mass is 10.0. The van der Waals surface area contributed by atoms with Gasteiger partial charge in [0.25, 0.3) is 0 Å². The predicted molar refractivity (Wildman–Crippen MR) is 135 cm³/mol. The number of rotatable bonds is 5. The lowest BCUT2D eigenvalue weighted by Crippen LogP contribution is -2.56. The average Bonchev–Trinajstić information content (AvgIpc) is 3.20. The Morgan fingerprint density at radius 3 is 2.80 bits per heavy atom. The van der Waals surface area contributed by atoms with Gasteiger partial charge in [-0.2, -0.15) is 4.98 Å². The number of oxazole rings is 1. The number of primary amides is 1. The van der Waals surface area contributed by atoms with E-state index in [4.69, 9.17) is 15.9 Å². The summed E-state index contributed by atoms with van der Waals surface area (Å²) in [6.45, 7) is 3.85. The van der Waals surface area contributed by atoms with Gasteiger partial charge in [-0.15, -0.1) is 0 Å². The van der Waals surface area contributed by atoms with Crippen molar-refractivity contribution in [2.75, 3.05) is 42.6 Å². The van der Waals surface area contributed by atoms with Crippen molar-refractivity contribution in [3.8, 4) is 11.3 Å². The number of aromatic nitrogens is 3. The number of fused-ring (bicyclic) bond motifs is 1. The number of para-hydroxylation sites is 1. The molecule has 11 nitrogen and oxygen atoms in total. The van der Waals surface area contributed by atoms with Crippen molar-refractivity contribution < 1.29 is 9.21 Å². The fraction of sp³-hybridized carbons (Fsp3) is 0.250. The van der Waals surface area contributed by atoms with Gasteiger partial charge in [0.15, 0.2) is 5.58 Å². The summed E-state index contributed by atoms with van der Waals surface area (Å²) in [5.41, 5.74) is 16.8. The van der Waals surface area contributed by atoms with E-state index in [9.17, 15) is 9.59 Å². The van der Waals surface area contributed by atoms with Gasteiger partial charge in [-0.1, -0.05) is 18.2 Å². The van der Waals surface area contributed by atoms with Gasteiger partial charge in [-0.3, -0.25) is 14.7 Å². The zero-order valence-electron chi connectivity index (χ0n) is 19.4. The van der Waals surface area contributed by atoms with Gasteiger partial charge >= 0.3 is 5.76 Å². The molecule has 1 unspecified atom stereocenters. The van der Waals surface area contributed by atoms with Crippen LogP contribution >= 0.6 is 0 Å². The maximum atomic E-state index is 12.0. The van der Waals surface area contributed by atoms with Crippen molar-refractivity contribution in [2.24, 2.45) is 5.73 Å². The smallest absolute Gasteiger partial charge is 0.408 e. The Labute approximate surface area is 200 Å². The van der Waals surface area contributed by atoms with Crippen LogP contribution in [0.5, 0.6) is 0 Å². The number of nitrogens with zero attached hydrogens (tertiary/aromatic N) is 4. The zero-order valence-corrected chi connectivity index (χ0v) is 19.4. The van der Waals surface area contributed by atoms with Gasteiger partial charge in [-0.25, -0.2) is 9.78 Å². The third kappa shape index (κ3) is 4.28. The zero-order chi connectivity index (χ0) is 24.7. The first kappa shape index (κ1) is 22.4. The molecule has 0 saturated carbocycles. The molecular weight excluding hydrogens is 448 g/mol. The quantitative estimate of drug-likeness (QED) is 0.338. The number of anilines is 4. The van der Waals surface area contributed by atoms with E-state index >= 15 is 0 Å². The second kappa shape index (κ2) is 8.76. The van der Waals surface area contributed by atoms with Crippen molar-refractivity contribution in [3.63, 3.8) is 0 Å². The summed E-state index contributed by atoms with van der Waals surface area (Å²) in [6.07, 6.45) is 0.